The zero-order chi connectivity index (χ0) is 20.0. The molecule has 0 saturated heterocycles. The number of phenolic OH excluding ortho intramolecular Hbond substituents is 1. The molecule has 0 bridgehead atoms. The van der Waals surface area contributed by atoms with Crippen LogP contribution in [0.15, 0.2) is 53.5 Å². The van der Waals surface area contributed by atoms with E-state index in [1.807, 2.05) is 42.1 Å². The van der Waals surface area contributed by atoms with Gasteiger partial charge in [0.25, 0.3) is 0 Å². The third-order valence-electron chi connectivity index (χ3n) is 5.87. The van der Waals surface area contributed by atoms with Gasteiger partial charge in [0, 0.05) is 48.6 Å². The summed E-state index contributed by atoms with van der Waals surface area (Å²) >= 11 is 1.88. The van der Waals surface area contributed by atoms with E-state index in [1.54, 1.807) is 18.2 Å². The first-order valence-corrected chi connectivity index (χ1v) is 10.9. The second-order valence-electron chi connectivity index (χ2n) is 8.45. The normalized spacial score (nSPS) is 22.1. The van der Waals surface area contributed by atoms with E-state index >= 15 is 0 Å². The summed E-state index contributed by atoms with van der Waals surface area (Å²) in [4.78, 5) is 9.53. The molecule has 0 unspecified atom stereocenters. The Labute approximate surface area is 195 Å². The smallest absolute Gasteiger partial charge is 0.217 e. The number of benzene rings is 2. The Balaban J connectivity index is 0.00000218. The predicted molar refractivity (Wildman–Crippen MR) is 118 cm³/mol. The van der Waals surface area contributed by atoms with Crippen LogP contribution in [-0.4, -0.2) is 26.4 Å². The van der Waals surface area contributed by atoms with Gasteiger partial charge in [-0.1, -0.05) is 38.5 Å². The summed E-state index contributed by atoms with van der Waals surface area (Å²) in [5, 5.41) is 12.5. The van der Waals surface area contributed by atoms with Gasteiger partial charge in [-0.3, -0.25) is 0 Å². The van der Waals surface area contributed by atoms with Crippen molar-refractivity contribution < 1.29 is 30.9 Å². The van der Waals surface area contributed by atoms with Crippen LogP contribution < -0.4 is 4.74 Å². The number of aliphatic imine (C=N–C) groups is 1. The van der Waals surface area contributed by atoms with E-state index in [-0.39, 0.29) is 32.2 Å². The van der Waals surface area contributed by atoms with E-state index in [4.69, 9.17) is 9.73 Å². The third kappa shape index (κ3) is 4.02. The van der Waals surface area contributed by atoms with Crippen molar-refractivity contribution in [3.05, 3.63) is 60.2 Å². The van der Waals surface area contributed by atoms with Crippen molar-refractivity contribution in [1.29, 1.82) is 0 Å². The summed E-state index contributed by atoms with van der Waals surface area (Å²) < 4.78 is 5.96. The number of fused-ring (bicyclic) bond motifs is 2. The summed E-state index contributed by atoms with van der Waals surface area (Å²) in [5.74, 6) is 1.18. The number of ether oxygens (including phenoxy) is 1. The summed E-state index contributed by atoms with van der Waals surface area (Å²) in [6.07, 6.45) is 3.74. The van der Waals surface area contributed by atoms with Crippen LogP contribution in [0.4, 0.5) is 0 Å². The molecule has 1 aliphatic carbocycles. The van der Waals surface area contributed by atoms with Gasteiger partial charge in [-0.25, -0.2) is 4.98 Å². The zero-order valence-corrected chi connectivity index (χ0v) is 20.0. The maximum Gasteiger partial charge on any atom is 0.217 e. The van der Waals surface area contributed by atoms with Gasteiger partial charge >= 0.3 is 0 Å². The first-order valence-electron chi connectivity index (χ1n) is 10.0. The Morgan fingerprint density at radius 3 is 2.80 bits per heavy atom. The number of nitrogens with zero attached hydrogens (tertiary/aromatic N) is 2. The number of rotatable bonds is 3. The van der Waals surface area contributed by atoms with Crippen molar-refractivity contribution in [1.82, 2.24) is 4.98 Å². The number of thioether (sulfide) groups is 1. The Morgan fingerprint density at radius 1 is 1.13 bits per heavy atom. The summed E-state index contributed by atoms with van der Waals surface area (Å²) in [6, 6.07) is 18.7. The second-order valence-corrected chi connectivity index (χ2v) is 9.67. The molecular weight excluding hydrogens is 575 g/mol. The van der Waals surface area contributed by atoms with Crippen molar-refractivity contribution in [2.24, 2.45) is 10.4 Å². The number of aromatic hydroxyl groups is 1. The van der Waals surface area contributed by atoms with Gasteiger partial charge in [-0.15, -0.1) is 23.8 Å². The van der Waals surface area contributed by atoms with Gasteiger partial charge in [0.15, 0.2) is 0 Å². The summed E-state index contributed by atoms with van der Waals surface area (Å²) in [7, 11) is 0. The standard InChI is InChI=1S/C24H23N2O2S.Pt/c1-24(2)13-5-10-19-22(24)26-23(29-19)16-7-3-8-17(14-16)28-20-12-11-15-6-4-9-18(27)21(15)25-20;/h3-4,6-9,11-12,19,22,27H,5,10,13H2,1-2H3;/q-1;/t19-,22-;/m1./s1. The fourth-order valence-corrected chi connectivity index (χ4v) is 5.85. The minimum Gasteiger partial charge on any atom is -0.506 e. The second kappa shape index (κ2) is 8.36. The molecule has 2 heterocycles. The van der Waals surface area contributed by atoms with Crippen molar-refractivity contribution in [2.75, 3.05) is 0 Å². The molecule has 5 rings (SSSR count). The predicted octanol–water partition coefficient (Wildman–Crippen LogP) is 5.97. The molecule has 1 fully saturated rings. The van der Waals surface area contributed by atoms with E-state index in [0.29, 0.717) is 28.4 Å². The van der Waals surface area contributed by atoms with E-state index < -0.39 is 0 Å². The van der Waals surface area contributed by atoms with Crippen LogP contribution in [0.2, 0.25) is 0 Å². The Kier molecular flexibility index (Phi) is 5.96. The number of aromatic nitrogens is 1. The molecule has 2 aromatic carbocycles. The average Bonchev–Trinajstić information content (AvgIpc) is 3.15. The number of hydrogen-bond donors (Lipinski definition) is 1. The molecule has 4 nitrogen and oxygen atoms in total. The van der Waals surface area contributed by atoms with Crippen LogP contribution >= 0.6 is 11.8 Å². The van der Waals surface area contributed by atoms with Gasteiger partial charge in [-0.05, 0) is 30.4 Å². The van der Waals surface area contributed by atoms with Gasteiger partial charge < -0.3 is 14.8 Å². The van der Waals surface area contributed by atoms with Crippen molar-refractivity contribution in [3.63, 3.8) is 0 Å². The van der Waals surface area contributed by atoms with Crippen LogP contribution in [0.3, 0.4) is 0 Å². The van der Waals surface area contributed by atoms with Crippen LogP contribution in [0.25, 0.3) is 10.9 Å². The molecule has 0 spiro atoms. The van der Waals surface area contributed by atoms with Crippen molar-refractivity contribution in [2.45, 2.75) is 44.4 Å². The van der Waals surface area contributed by atoms with E-state index in [9.17, 15) is 5.11 Å². The summed E-state index contributed by atoms with van der Waals surface area (Å²) in [5.41, 5.74) is 1.76. The quantitative estimate of drug-likeness (QED) is 0.378. The molecule has 30 heavy (non-hydrogen) atoms. The molecule has 1 N–H and O–H groups in total. The monoisotopic (exact) mass is 598 g/mol. The van der Waals surface area contributed by atoms with E-state index in [2.05, 4.69) is 24.9 Å². The number of para-hydroxylation sites is 1. The zero-order valence-electron chi connectivity index (χ0n) is 16.9. The largest absolute Gasteiger partial charge is 0.506 e. The minimum absolute atomic E-state index is 0. The fourth-order valence-electron chi connectivity index (χ4n) is 4.30. The first kappa shape index (κ1) is 21.4. The van der Waals surface area contributed by atoms with E-state index in [1.165, 1.54) is 19.3 Å². The molecule has 2 atom stereocenters. The maximum atomic E-state index is 10.0. The van der Waals surface area contributed by atoms with Crippen molar-refractivity contribution in [3.8, 4) is 17.4 Å². The molecule has 0 amide bonds. The molecule has 1 aromatic heterocycles. The topological polar surface area (TPSA) is 54.7 Å². The maximum absolute atomic E-state index is 10.0. The van der Waals surface area contributed by atoms with Gasteiger partial charge in [-0.2, -0.15) is 11.8 Å². The van der Waals surface area contributed by atoms with E-state index in [0.717, 1.165) is 16.0 Å². The molecule has 3 aromatic rings. The first-order chi connectivity index (χ1) is 14.0. The molecule has 1 saturated carbocycles. The molecule has 158 valence electrons. The summed E-state index contributed by atoms with van der Waals surface area (Å²) in [6.45, 7) is 4.67. The Bertz CT molecular complexity index is 1120. The molecule has 1 aliphatic heterocycles. The fraction of sp³-hybridized carbons (Fsp3) is 0.333. The molecular formula is C24H23N2O2PtS-. The molecule has 2 aliphatic rings. The average molecular weight is 599 g/mol. The van der Waals surface area contributed by atoms with Gasteiger partial charge in [0.2, 0.25) is 5.88 Å². The number of hydrogen-bond acceptors (Lipinski definition) is 5. The Morgan fingerprint density at radius 2 is 1.97 bits per heavy atom. The molecule has 0 radical (unpaired) electrons. The van der Waals surface area contributed by atoms with Crippen LogP contribution in [0, 0.1) is 11.5 Å². The minimum atomic E-state index is 0. The van der Waals surface area contributed by atoms with Crippen LogP contribution in [-0.2, 0) is 21.1 Å². The molecule has 6 heteroatoms. The van der Waals surface area contributed by atoms with Gasteiger partial charge in [0.1, 0.15) is 11.3 Å². The number of pyridine rings is 1. The van der Waals surface area contributed by atoms with Crippen LogP contribution in [0.5, 0.6) is 17.4 Å². The Hall–Kier alpha value is -1.84. The third-order valence-corrected chi connectivity index (χ3v) is 7.21. The number of phenols is 1. The van der Waals surface area contributed by atoms with Gasteiger partial charge in [0.05, 0.1) is 6.04 Å². The SMILES string of the molecule is CC1(C)CCC[C@H]2SC(c3[c-]c(Oc4ccc5cccc(O)c5n4)ccc3)=N[C@H]21.[Pt]. The van der Waals surface area contributed by atoms with Crippen LogP contribution in [0.1, 0.15) is 38.7 Å². The van der Waals surface area contributed by atoms with Crippen molar-refractivity contribution >= 4 is 27.7 Å².